The molecule has 4 atom stereocenters. The first-order valence-electron chi connectivity index (χ1n) is 14.4. The molecule has 0 bridgehead atoms. The van der Waals surface area contributed by atoms with E-state index in [4.69, 9.17) is 21.3 Å². The number of ether oxygens (including phenoxy) is 1. The molecule has 14 heteroatoms. The number of esters is 1. The predicted octanol–water partition coefficient (Wildman–Crippen LogP) is 3.52. The number of thiazole rings is 1. The van der Waals surface area contributed by atoms with E-state index in [0.29, 0.717) is 74.1 Å². The van der Waals surface area contributed by atoms with Crippen molar-refractivity contribution >= 4 is 46.7 Å². The third-order valence-electron chi connectivity index (χ3n) is 8.57. The summed E-state index contributed by atoms with van der Waals surface area (Å²) in [6.07, 6.45) is 3.41. The summed E-state index contributed by atoms with van der Waals surface area (Å²) in [5.41, 5.74) is 1.14. The normalized spacial score (nSPS) is 25.9. The van der Waals surface area contributed by atoms with Crippen LogP contribution in [-0.2, 0) is 14.3 Å². The summed E-state index contributed by atoms with van der Waals surface area (Å²) in [6.45, 7) is 4.34. The predicted molar refractivity (Wildman–Crippen MR) is 157 cm³/mol. The van der Waals surface area contributed by atoms with Crippen LogP contribution in [0.5, 0.6) is 0 Å². The van der Waals surface area contributed by atoms with Crippen molar-refractivity contribution in [2.45, 2.75) is 44.3 Å². The number of carbonyl (C=O) groups excluding carboxylic acids is 2. The number of carboxylic acids is 1. The summed E-state index contributed by atoms with van der Waals surface area (Å²) in [6, 6.07) is 3.34. The third-order valence-corrected chi connectivity index (χ3v) is 9.75. The first-order chi connectivity index (χ1) is 20.7. The van der Waals surface area contributed by atoms with E-state index in [1.807, 2.05) is 15.2 Å². The fourth-order valence-electron chi connectivity index (χ4n) is 6.51. The lowest BCUT2D eigenvalue weighted by atomic mass is 9.95. The molecule has 4 heterocycles. The van der Waals surface area contributed by atoms with Crippen LogP contribution in [0.3, 0.4) is 0 Å². The van der Waals surface area contributed by atoms with Crippen molar-refractivity contribution in [2.24, 2.45) is 10.9 Å². The van der Waals surface area contributed by atoms with Crippen LogP contribution in [-0.4, -0.2) is 100 Å². The number of fused-ring (bicyclic) bond motifs is 1. The minimum atomic E-state index is -0.924. The smallest absolute Gasteiger partial charge is 0.338 e. The Balaban J connectivity index is 1.28. The lowest BCUT2D eigenvalue weighted by molar-refractivity contribution is -0.141. The van der Waals surface area contributed by atoms with Crippen LogP contribution in [0.4, 0.5) is 9.18 Å². The molecule has 1 saturated carbocycles. The molecule has 0 radical (unpaired) electrons. The zero-order valence-electron chi connectivity index (χ0n) is 23.5. The summed E-state index contributed by atoms with van der Waals surface area (Å²) >= 11 is 7.80. The Morgan fingerprint density at radius 2 is 2.05 bits per heavy atom. The molecule has 3 aliphatic heterocycles. The molecular formula is C29H32ClFN6O5S. The number of nitrogens with zero attached hydrogens (tertiary/aromatic N) is 5. The lowest BCUT2D eigenvalue weighted by Crippen LogP contribution is -2.53. The summed E-state index contributed by atoms with van der Waals surface area (Å²) in [5.74, 6) is -1.96. The topological polar surface area (TPSA) is 128 Å². The van der Waals surface area contributed by atoms with Crippen molar-refractivity contribution in [1.29, 1.82) is 0 Å². The molecule has 2 aromatic rings. The number of nitrogens with one attached hydrogen (secondary N) is 1. The first kappa shape index (κ1) is 29.5. The molecule has 2 N–H and O–H groups in total. The van der Waals surface area contributed by atoms with Crippen molar-refractivity contribution in [3.8, 4) is 0 Å². The number of benzene rings is 1. The number of rotatable bonds is 8. The van der Waals surface area contributed by atoms with E-state index in [-0.39, 0.29) is 35.3 Å². The Labute approximate surface area is 257 Å². The lowest BCUT2D eigenvalue weighted by Gasteiger charge is -2.38. The fraction of sp³-hybridized carbons (Fsp3) is 0.483. The van der Waals surface area contributed by atoms with Gasteiger partial charge in [-0.15, -0.1) is 11.3 Å². The van der Waals surface area contributed by atoms with Crippen LogP contribution >= 0.6 is 22.9 Å². The molecule has 2 saturated heterocycles. The zero-order valence-corrected chi connectivity index (χ0v) is 25.1. The number of aromatic nitrogens is 1. The molecule has 11 nitrogen and oxygen atoms in total. The third kappa shape index (κ3) is 5.73. The molecule has 2 amide bonds. The first-order valence-corrected chi connectivity index (χ1v) is 15.6. The van der Waals surface area contributed by atoms with Crippen LogP contribution < -0.4 is 5.32 Å². The van der Waals surface area contributed by atoms with Gasteiger partial charge in [0.1, 0.15) is 11.9 Å². The van der Waals surface area contributed by atoms with Crippen molar-refractivity contribution in [3.63, 3.8) is 0 Å². The molecule has 228 valence electrons. The van der Waals surface area contributed by atoms with Crippen molar-refractivity contribution in [2.75, 3.05) is 39.3 Å². The molecule has 4 aliphatic rings. The number of carbonyl (C=O) groups is 3. The van der Waals surface area contributed by atoms with Gasteiger partial charge in [-0.2, -0.15) is 0 Å². The van der Waals surface area contributed by atoms with Crippen LogP contribution in [0, 0.1) is 11.7 Å². The molecule has 1 aromatic heterocycles. The van der Waals surface area contributed by atoms with Gasteiger partial charge in [0.15, 0.2) is 10.8 Å². The van der Waals surface area contributed by atoms with E-state index in [9.17, 15) is 23.9 Å². The summed E-state index contributed by atoms with van der Waals surface area (Å²) in [7, 11) is 0. The molecule has 0 spiro atoms. The van der Waals surface area contributed by atoms with E-state index in [1.54, 1.807) is 19.2 Å². The highest BCUT2D eigenvalue weighted by Gasteiger charge is 2.46. The number of amidine groups is 1. The Bertz CT molecular complexity index is 1490. The molecule has 6 rings (SSSR count). The van der Waals surface area contributed by atoms with E-state index in [1.165, 1.54) is 23.5 Å². The number of aliphatic carboxylic acids is 1. The number of piperazine rings is 1. The standard InChI is InChI=1S/C29H32ClFN6O5S/c1-2-42-28(40)22-21(33-25(26-32-8-11-43-26)34-24(22)19-4-3-5-20(31)23(19)30)15-35-9-10-36-18(13-35)14-37(29(36)41)17-7-6-16(12-17)27(38)39/h3-5,8,11,16-18,24H,2,6-7,9-10,12-15H2,1H3,(H,33,34)(H,38,39)/t16-,17+,18-,24-/m0/s1. The number of urea groups is 1. The second-order valence-corrected chi connectivity index (χ2v) is 12.4. The zero-order chi connectivity index (χ0) is 30.2. The molecule has 1 aliphatic carbocycles. The maximum absolute atomic E-state index is 14.6. The molecular weight excluding hydrogens is 599 g/mol. The van der Waals surface area contributed by atoms with Gasteiger partial charge < -0.3 is 25.0 Å². The van der Waals surface area contributed by atoms with Crippen molar-refractivity contribution in [3.05, 3.63) is 62.5 Å². The van der Waals surface area contributed by atoms with Crippen LogP contribution in [0.15, 0.2) is 46.0 Å². The second-order valence-electron chi connectivity index (χ2n) is 11.1. The average Bonchev–Trinajstić information content (AvgIpc) is 3.75. The van der Waals surface area contributed by atoms with Gasteiger partial charge >= 0.3 is 18.0 Å². The number of amides is 2. The Kier molecular flexibility index (Phi) is 8.38. The molecule has 1 aromatic carbocycles. The highest BCUT2D eigenvalue weighted by atomic mass is 35.5. The van der Waals surface area contributed by atoms with Gasteiger partial charge in [0.05, 0.1) is 29.2 Å². The van der Waals surface area contributed by atoms with Gasteiger partial charge in [-0.3, -0.25) is 14.7 Å². The van der Waals surface area contributed by atoms with Gasteiger partial charge in [-0.1, -0.05) is 23.7 Å². The number of hydrogen-bond donors (Lipinski definition) is 2. The van der Waals surface area contributed by atoms with Crippen molar-refractivity contribution < 1.29 is 28.6 Å². The van der Waals surface area contributed by atoms with Gasteiger partial charge in [-0.05, 0) is 32.3 Å². The fourth-order valence-corrected chi connectivity index (χ4v) is 7.33. The van der Waals surface area contributed by atoms with Gasteiger partial charge in [-0.25, -0.2) is 19.0 Å². The molecule has 3 fully saturated rings. The molecule has 0 unspecified atom stereocenters. The van der Waals surface area contributed by atoms with Crippen LogP contribution in [0.25, 0.3) is 0 Å². The average molecular weight is 631 g/mol. The monoisotopic (exact) mass is 630 g/mol. The number of hydrogen-bond acceptors (Lipinski definition) is 9. The largest absolute Gasteiger partial charge is 0.481 e. The summed E-state index contributed by atoms with van der Waals surface area (Å²) in [5, 5.41) is 15.1. The summed E-state index contributed by atoms with van der Waals surface area (Å²) < 4.78 is 20.1. The Morgan fingerprint density at radius 1 is 1.21 bits per heavy atom. The highest BCUT2D eigenvalue weighted by molar-refractivity contribution is 7.11. The minimum Gasteiger partial charge on any atom is -0.481 e. The van der Waals surface area contributed by atoms with Gasteiger partial charge in [0.2, 0.25) is 0 Å². The van der Waals surface area contributed by atoms with E-state index < -0.39 is 29.7 Å². The second kappa shape index (κ2) is 12.2. The van der Waals surface area contributed by atoms with E-state index in [2.05, 4.69) is 15.2 Å². The Hall–Kier alpha value is -3.55. The minimum absolute atomic E-state index is 0.0399. The van der Waals surface area contributed by atoms with Crippen LogP contribution in [0.1, 0.15) is 42.8 Å². The van der Waals surface area contributed by atoms with E-state index >= 15 is 0 Å². The maximum Gasteiger partial charge on any atom is 0.338 e. The Morgan fingerprint density at radius 3 is 2.77 bits per heavy atom. The number of halogens is 2. The van der Waals surface area contributed by atoms with Gasteiger partial charge in [0, 0.05) is 61.6 Å². The SMILES string of the molecule is CCOC(=O)C1=C(CN2CCN3C(=O)N([C@@H]4CC[C@H](C(=O)O)C4)C[C@@H]3C2)NC(c2nccs2)=N[C@H]1c1cccc(F)c1Cl. The van der Waals surface area contributed by atoms with E-state index in [0.717, 1.165) is 0 Å². The number of carboxylic acid groups (broad SMARTS) is 1. The van der Waals surface area contributed by atoms with Crippen LogP contribution in [0.2, 0.25) is 5.02 Å². The highest BCUT2D eigenvalue weighted by Crippen LogP contribution is 2.38. The maximum atomic E-state index is 14.6. The number of aliphatic imine (C=N–C) groups is 1. The summed E-state index contributed by atoms with van der Waals surface area (Å²) in [4.78, 5) is 53.3. The van der Waals surface area contributed by atoms with Gasteiger partial charge in [0.25, 0.3) is 0 Å². The molecule has 43 heavy (non-hydrogen) atoms. The quantitative estimate of drug-likeness (QED) is 0.424. The van der Waals surface area contributed by atoms with Crippen molar-refractivity contribution in [1.82, 2.24) is 25.0 Å².